The zero-order chi connectivity index (χ0) is 18.2. The molecule has 1 aromatic carbocycles. The van der Waals surface area contributed by atoms with Crippen LogP contribution in [0.5, 0.6) is 0 Å². The summed E-state index contributed by atoms with van der Waals surface area (Å²) in [7, 11) is 0. The molecule has 0 aliphatic carbocycles. The number of carbonyl (C=O) groups is 2. The molecule has 25 heavy (non-hydrogen) atoms. The van der Waals surface area contributed by atoms with E-state index in [4.69, 9.17) is 4.52 Å². The number of benzene rings is 1. The maximum Gasteiger partial charge on any atom is 0.247 e. The first kappa shape index (κ1) is 18.4. The summed E-state index contributed by atoms with van der Waals surface area (Å²) in [6.45, 7) is 6.19. The van der Waals surface area contributed by atoms with Gasteiger partial charge in [-0.1, -0.05) is 49.3 Å². The van der Waals surface area contributed by atoms with Gasteiger partial charge in [0.05, 0.1) is 0 Å². The highest BCUT2D eigenvalue weighted by molar-refractivity contribution is 5.97. The summed E-state index contributed by atoms with van der Waals surface area (Å²) in [4.78, 5) is 26.2. The second-order valence-corrected chi connectivity index (χ2v) is 6.23. The van der Waals surface area contributed by atoms with Gasteiger partial charge in [0.2, 0.25) is 11.8 Å². The molecule has 0 aliphatic heterocycles. The van der Waals surface area contributed by atoms with Crippen LogP contribution in [0, 0.1) is 12.8 Å². The van der Waals surface area contributed by atoms with E-state index in [1.807, 2.05) is 44.2 Å². The van der Waals surface area contributed by atoms with Crippen LogP contribution in [0.1, 0.15) is 25.2 Å². The Balaban J connectivity index is 2.00. The van der Waals surface area contributed by atoms with E-state index in [9.17, 15) is 9.59 Å². The maximum absolute atomic E-state index is 12.5. The molecule has 1 N–H and O–H groups in total. The van der Waals surface area contributed by atoms with Gasteiger partial charge in [-0.25, -0.2) is 0 Å². The molecule has 2 aromatic rings. The molecule has 0 aliphatic rings. The Hall–Kier alpha value is -2.89. The molecule has 0 radical (unpaired) electrons. The van der Waals surface area contributed by atoms with Gasteiger partial charge in [-0.3, -0.25) is 9.59 Å². The Kier molecular flexibility index (Phi) is 6.51. The fraction of sp³-hybridized carbons (Fsp3) is 0.316. The Morgan fingerprint density at radius 3 is 2.60 bits per heavy atom. The Morgan fingerprint density at radius 1 is 1.28 bits per heavy atom. The van der Waals surface area contributed by atoms with Crippen LogP contribution in [0.25, 0.3) is 6.08 Å². The van der Waals surface area contributed by atoms with E-state index in [-0.39, 0.29) is 24.3 Å². The summed E-state index contributed by atoms with van der Waals surface area (Å²) in [5.41, 5.74) is 0.933. The van der Waals surface area contributed by atoms with E-state index in [0.717, 1.165) is 5.56 Å². The fourth-order valence-corrected chi connectivity index (χ4v) is 2.29. The Labute approximate surface area is 147 Å². The summed E-state index contributed by atoms with van der Waals surface area (Å²) in [5, 5.41) is 6.35. The van der Waals surface area contributed by atoms with E-state index >= 15 is 0 Å². The summed E-state index contributed by atoms with van der Waals surface area (Å²) in [6.07, 6.45) is 3.24. The molecular formula is C19H23N3O3. The quantitative estimate of drug-likeness (QED) is 0.785. The second kappa shape index (κ2) is 8.82. The number of aromatic nitrogens is 1. The first-order valence-electron chi connectivity index (χ1n) is 8.19. The smallest absolute Gasteiger partial charge is 0.247 e. The van der Waals surface area contributed by atoms with Crippen molar-refractivity contribution in [1.82, 2.24) is 10.1 Å². The number of aryl methyl sites for hydroxylation is 1. The lowest BCUT2D eigenvalue weighted by atomic mass is 10.2. The molecule has 1 aromatic heterocycles. The highest BCUT2D eigenvalue weighted by atomic mass is 16.5. The molecule has 0 bridgehead atoms. The van der Waals surface area contributed by atoms with Crippen LogP contribution in [0.3, 0.4) is 0 Å². The number of anilines is 1. The van der Waals surface area contributed by atoms with Crippen LogP contribution < -0.4 is 5.32 Å². The number of hydrogen-bond donors (Lipinski definition) is 1. The van der Waals surface area contributed by atoms with Gasteiger partial charge in [0.15, 0.2) is 5.82 Å². The van der Waals surface area contributed by atoms with Crippen LogP contribution in [-0.2, 0) is 9.59 Å². The fourth-order valence-electron chi connectivity index (χ4n) is 2.29. The van der Waals surface area contributed by atoms with Gasteiger partial charge in [0.1, 0.15) is 12.3 Å². The first-order valence-corrected chi connectivity index (χ1v) is 8.19. The van der Waals surface area contributed by atoms with Crippen molar-refractivity contribution in [2.45, 2.75) is 20.8 Å². The third-order valence-electron chi connectivity index (χ3n) is 3.35. The lowest BCUT2D eigenvalue weighted by molar-refractivity contribution is -0.131. The normalized spacial score (nSPS) is 11.0. The highest BCUT2D eigenvalue weighted by Crippen LogP contribution is 2.08. The average Bonchev–Trinajstić information content (AvgIpc) is 2.97. The molecule has 1 heterocycles. The number of rotatable bonds is 7. The van der Waals surface area contributed by atoms with Crippen LogP contribution in [0.15, 0.2) is 47.0 Å². The predicted molar refractivity (Wildman–Crippen MR) is 96.8 cm³/mol. The molecule has 0 spiro atoms. The minimum atomic E-state index is -0.310. The number of amides is 2. The van der Waals surface area contributed by atoms with E-state index in [0.29, 0.717) is 18.1 Å². The molecule has 132 valence electrons. The molecule has 0 unspecified atom stereocenters. The minimum Gasteiger partial charge on any atom is -0.360 e. The standard InChI is InChI=1S/C19H23N3O3/c1-14(2)12-22(13-18(23)20-17-11-15(3)25-21-17)19(24)10-9-16-7-5-4-6-8-16/h4-11,14H,12-13H2,1-3H3,(H,20,21,23)/b10-9+. The van der Waals surface area contributed by atoms with Crippen molar-refractivity contribution in [1.29, 1.82) is 0 Å². The molecule has 0 saturated heterocycles. The van der Waals surface area contributed by atoms with E-state index in [1.165, 1.54) is 11.0 Å². The monoisotopic (exact) mass is 341 g/mol. The molecule has 6 heteroatoms. The summed E-state index contributed by atoms with van der Waals surface area (Å²) >= 11 is 0. The summed E-state index contributed by atoms with van der Waals surface area (Å²) < 4.78 is 4.91. The van der Waals surface area contributed by atoms with Gasteiger partial charge in [-0.15, -0.1) is 0 Å². The minimum absolute atomic E-state index is 0.0396. The summed E-state index contributed by atoms with van der Waals surface area (Å²) in [6, 6.07) is 11.2. The van der Waals surface area contributed by atoms with Crippen LogP contribution in [0.2, 0.25) is 0 Å². The van der Waals surface area contributed by atoms with Crippen molar-refractivity contribution in [3.05, 3.63) is 53.8 Å². The van der Waals surface area contributed by atoms with E-state index in [1.54, 1.807) is 19.1 Å². The van der Waals surface area contributed by atoms with Crippen molar-refractivity contribution >= 4 is 23.7 Å². The lowest BCUT2D eigenvalue weighted by Crippen LogP contribution is -2.39. The third-order valence-corrected chi connectivity index (χ3v) is 3.35. The van der Waals surface area contributed by atoms with Gasteiger partial charge >= 0.3 is 0 Å². The molecule has 2 rings (SSSR count). The van der Waals surface area contributed by atoms with Crippen molar-refractivity contribution in [3.8, 4) is 0 Å². The van der Waals surface area contributed by atoms with E-state index < -0.39 is 0 Å². The van der Waals surface area contributed by atoms with Gasteiger partial charge in [0.25, 0.3) is 0 Å². The molecule has 0 fully saturated rings. The third kappa shape index (κ3) is 6.25. The lowest BCUT2D eigenvalue weighted by Gasteiger charge is -2.22. The maximum atomic E-state index is 12.5. The topological polar surface area (TPSA) is 75.4 Å². The average molecular weight is 341 g/mol. The number of nitrogens with one attached hydrogen (secondary N) is 1. The molecule has 6 nitrogen and oxygen atoms in total. The molecule has 0 saturated carbocycles. The number of carbonyl (C=O) groups excluding carboxylic acids is 2. The van der Waals surface area contributed by atoms with Gasteiger partial charge in [-0.2, -0.15) is 0 Å². The largest absolute Gasteiger partial charge is 0.360 e. The SMILES string of the molecule is Cc1cc(NC(=O)CN(CC(C)C)C(=O)/C=C/c2ccccc2)no1. The highest BCUT2D eigenvalue weighted by Gasteiger charge is 2.17. The first-order chi connectivity index (χ1) is 11.9. The second-order valence-electron chi connectivity index (χ2n) is 6.23. The van der Waals surface area contributed by atoms with Crippen LogP contribution >= 0.6 is 0 Å². The van der Waals surface area contributed by atoms with Crippen LogP contribution in [0.4, 0.5) is 5.82 Å². The summed E-state index contributed by atoms with van der Waals surface area (Å²) in [5.74, 6) is 0.686. The predicted octanol–water partition coefficient (Wildman–Crippen LogP) is 3.12. The van der Waals surface area contributed by atoms with Gasteiger partial charge < -0.3 is 14.7 Å². The zero-order valence-corrected chi connectivity index (χ0v) is 14.7. The van der Waals surface area contributed by atoms with Gasteiger partial charge in [-0.05, 0) is 24.5 Å². The molecule has 0 atom stereocenters. The number of hydrogen-bond acceptors (Lipinski definition) is 4. The van der Waals surface area contributed by atoms with E-state index in [2.05, 4.69) is 10.5 Å². The Morgan fingerprint density at radius 2 is 2.00 bits per heavy atom. The van der Waals surface area contributed by atoms with Crippen molar-refractivity contribution < 1.29 is 14.1 Å². The van der Waals surface area contributed by atoms with Gasteiger partial charge in [0, 0.05) is 18.7 Å². The molecular weight excluding hydrogens is 318 g/mol. The van der Waals surface area contributed by atoms with Crippen LogP contribution in [-0.4, -0.2) is 35.0 Å². The van der Waals surface area contributed by atoms with Crippen molar-refractivity contribution in [3.63, 3.8) is 0 Å². The Bertz CT molecular complexity index is 735. The number of nitrogens with zero attached hydrogens (tertiary/aromatic N) is 2. The zero-order valence-electron chi connectivity index (χ0n) is 14.7. The van der Waals surface area contributed by atoms with Crippen molar-refractivity contribution in [2.24, 2.45) is 5.92 Å². The molecule has 2 amide bonds. The van der Waals surface area contributed by atoms with Crippen molar-refractivity contribution in [2.75, 3.05) is 18.4 Å².